The average Bonchev–Trinajstić information content (AvgIpc) is 3.39. The zero-order valence-corrected chi connectivity index (χ0v) is 25.1. The highest BCUT2D eigenvalue weighted by atomic mass is 79.9. The van der Waals surface area contributed by atoms with Crippen molar-refractivity contribution in [2.45, 2.75) is 25.9 Å². The Labute approximate surface area is 242 Å². The third-order valence-corrected chi connectivity index (χ3v) is 8.16. The Morgan fingerprint density at radius 2 is 1.77 bits per heavy atom. The first kappa shape index (κ1) is 27.2. The Kier molecular flexibility index (Phi) is 7.41. The van der Waals surface area contributed by atoms with Crippen LogP contribution in [0.4, 0.5) is 11.4 Å². The minimum absolute atomic E-state index is 0.244. The molecule has 1 fully saturated rings. The summed E-state index contributed by atoms with van der Waals surface area (Å²) in [6.45, 7) is 4.19. The van der Waals surface area contributed by atoms with E-state index in [1.54, 1.807) is 18.3 Å². The van der Waals surface area contributed by atoms with Gasteiger partial charge in [0.2, 0.25) is 10.0 Å². The number of aromatic nitrogens is 2. The van der Waals surface area contributed by atoms with Crippen molar-refractivity contribution in [3.05, 3.63) is 100 Å². The van der Waals surface area contributed by atoms with Crippen molar-refractivity contribution < 1.29 is 13.2 Å². The molecule has 2 N–H and O–H groups in total. The van der Waals surface area contributed by atoms with E-state index < -0.39 is 10.0 Å². The number of nitrogens with one attached hydrogen (secondary N) is 2. The van der Waals surface area contributed by atoms with Crippen LogP contribution in [0.2, 0.25) is 0 Å². The molecule has 0 aliphatic carbocycles. The summed E-state index contributed by atoms with van der Waals surface area (Å²) >= 11 is 9.41. The standard InChI is InChI=1S/C28H28BrN5O3S2/c1-17-15-22(18(2)33(17)20-10-8-19(29)9-11-20)27-26(23-7-5-6-14-30-23)31-28(38)34(27)21-12-13-25(37-3)24(16-21)32-39(4,35)36/h5-16,26-27,32H,1-4H3,(H,31,38)/t26-,27-/m0/s1. The molecule has 202 valence electrons. The molecule has 0 spiro atoms. The second kappa shape index (κ2) is 10.6. The first-order valence-electron chi connectivity index (χ1n) is 12.2. The molecule has 11 heteroatoms. The van der Waals surface area contributed by atoms with Crippen molar-refractivity contribution in [1.29, 1.82) is 0 Å². The number of sulfonamides is 1. The predicted molar refractivity (Wildman–Crippen MR) is 162 cm³/mol. The number of aryl methyl sites for hydroxylation is 1. The van der Waals surface area contributed by atoms with E-state index in [1.165, 1.54) is 7.11 Å². The summed E-state index contributed by atoms with van der Waals surface area (Å²) in [7, 11) is -2.04. The van der Waals surface area contributed by atoms with E-state index in [1.807, 2.05) is 41.3 Å². The van der Waals surface area contributed by atoms with Crippen LogP contribution in [0.3, 0.4) is 0 Å². The Morgan fingerprint density at radius 3 is 2.41 bits per heavy atom. The van der Waals surface area contributed by atoms with E-state index in [0.717, 1.165) is 44.7 Å². The molecule has 8 nitrogen and oxygen atoms in total. The zero-order valence-electron chi connectivity index (χ0n) is 21.8. The quantitative estimate of drug-likeness (QED) is 0.251. The van der Waals surface area contributed by atoms with E-state index >= 15 is 0 Å². The fourth-order valence-electron chi connectivity index (χ4n) is 5.15. The van der Waals surface area contributed by atoms with Crippen LogP contribution < -0.4 is 19.7 Å². The molecule has 0 saturated carbocycles. The van der Waals surface area contributed by atoms with Crippen LogP contribution in [0.25, 0.3) is 5.69 Å². The second-order valence-electron chi connectivity index (χ2n) is 9.39. The number of nitrogens with zero attached hydrogens (tertiary/aromatic N) is 3. The average molecular weight is 627 g/mol. The summed E-state index contributed by atoms with van der Waals surface area (Å²) in [6, 6.07) is 21.1. The van der Waals surface area contributed by atoms with Crippen molar-refractivity contribution in [3.63, 3.8) is 0 Å². The highest BCUT2D eigenvalue weighted by molar-refractivity contribution is 9.10. The summed E-state index contributed by atoms with van der Waals surface area (Å²) in [4.78, 5) is 6.67. The molecule has 39 heavy (non-hydrogen) atoms. The van der Waals surface area contributed by atoms with Crippen LogP contribution in [0.15, 0.2) is 77.4 Å². The summed E-state index contributed by atoms with van der Waals surface area (Å²) in [5.74, 6) is 0.411. The Morgan fingerprint density at radius 1 is 1.05 bits per heavy atom. The van der Waals surface area contributed by atoms with Crippen LogP contribution in [0.5, 0.6) is 5.75 Å². The molecule has 4 aromatic rings. The van der Waals surface area contributed by atoms with Crippen LogP contribution >= 0.6 is 28.1 Å². The number of benzene rings is 2. The number of pyridine rings is 1. The molecule has 0 amide bonds. The molecule has 1 saturated heterocycles. The minimum Gasteiger partial charge on any atom is -0.495 e. The highest BCUT2D eigenvalue weighted by Gasteiger charge is 2.42. The number of anilines is 2. The third-order valence-electron chi connectivity index (χ3n) is 6.73. The first-order chi connectivity index (χ1) is 18.6. The molecule has 0 radical (unpaired) electrons. The third kappa shape index (κ3) is 5.39. The maximum atomic E-state index is 12.1. The number of hydrogen-bond donors (Lipinski definition) is 2. The number of halogens is 1. The van der Waals surface area contributed by atoms with Gasteiger partial charge < -0.3 is 19.5 Å². The van der Waals surface area contributed by atoms with Gasteiger partial charge in [-0.05, 0) is 92.3 Å². The number of methoxy groups -OCH3 is 1. The van der Waals surface area contributed by atoms with Gasteiger partial charge in [-0.15, -0.1) is 0 Å². The largest absolute Gasteiger partial charge is 0.495 e. The maximum absolute atomic E-state index is 12.1. The minimum atomic E-state index is -3.54. The molecular weight excluding hydrogens is 598 g/mol. The highest BCUT2D eigenvalue weighted by Crippen LogP contribution is 2.45. The van der Waals surface area contributed by atoms with E-state index in [0.29, 0.717) is 16.5 Å². The van der Waals surface area contributed by atoms with Crippen LogP contribution in [0, 0.1) is 13.8 Å². The monoisotopic (exact) mass is 625 g/mol. The van der Waals surface area contributed by atoms with Gasteiger partial charge in [-0.3, -0.25) is 9.71 Å². The Balaban J connectivity index is 1.68. The number of thiocarbonyl (C=S) groups is 1. The lowest BCUT2D eigenvalue weighted by Gasteiger charge is -2.29. The van der Waals surface area contributed by atoms with Gasteiger partial charge in [0.05, 0.1) is 36.8 Å². The van der Waals surface area contributed by atoms with E-state index in [9.17, 15) is 8.42 Å². The summed E-state index contributed by atoms with van der Waals surface area (Å²) < 4.78 is 35.4. The zero-order chi connectivity index (χ0) is 27.9. The summed E-state index contributed by atoms with van der Waals surface area (Å²) in [6.07, 6.45) is 2.88. The van der Waals surface area contributed by atoms with Gasteiger partial charge in [0.15, 0.2) is 5.11 Å². The van der Waals surface area contributed by atoms with E-state index in [2.05, 4.69) is 67.6 Å². The molecule has 0 unspecified atom stereocenters. The van der Waals surface area contributed by atoms with Gasteiger partial charge in [-0.25, -0.2) is 8.42 Å². The van der Waals surface area contributed by atoms with Gasteiger partial charge in [-0.1, -0.05) is 22.0 Å². The lowest BCUT2D eigenvalue weighted by atomic mass is 9.96. The Hall–Kier alpha value is -3.41. The fourth-order valence-corrected chi connectivity index (χ4v) is 6.32. The molecule has 5 rings (SSSR count). The topological polar surface area (TPSA) is 88.5 Å². The smallest absolute Gasteiger partial charge is 0.229 e. The van der Waals surface area contributed by atoms with E-state index in [-0.39, 0.29) is 12.1 Å². The lowest BCUT2D eigenvalue weighted by Crippen LogP contribution is -2.29. The first-order valence-corrected chi connectivity index (χ1v) is 15.3. The SMILES string of the molecule is COc1ccc(N2C(=S)N[C@@H](c3ccccn3)[C@@H]2c2cc(C)n(-c3ccc(Br)cc3)c2C)cc1NS(C)(=O)=O. The van der Waals surface area contributed by atoms with Gasteiger partial charge in [0.1, 0.15) is 5.75 Å². The summed E-state index contributed by atoms with van der Waals surface area (Å²) in [5.41, 5.74) is 6.18. The molecule has 1 aliphatic rings. The Bertz CT molecular complexity index is 1640. The molecule has 1 aliphatic heterocycles. The van der Waals surface area contributed by atoms with Gasteiger partial charge >= 0.3 is 0 Å². The molecule has 0 bridgehead atoms. The lowest BCUT2D eigenvalue weighted by molar-refractivity contribution is 0.417. The van der Waals surface area contributed by atoms with Crippen LogP contribution in [-0.4, -0.2) is 36.4 Å². The van der Waals surface area contributed by atoms with Gasteiger partial charge in [-0.2, -0.15) is 0 Å². The molecule has 2 aromatic carbocycles. The van der Waals surface area contributed by atoms with Crippen molar-refractivity contribution >= 4 is 54.7 Å². The van der Waals surface area contributed by atoms with Crippen molar-refractivity contribution in [2.75, 3.05) is 23.0 Å². The molecule has 3 heterocycles. The summed E-state index contributed by atoms with van der Waals surface area (Å²) in [5, 5.41) is 3.99. The number of rotatable bonds is 7. The molecular formula is C28H28BrN5O3S2. The van der Waals surface area contributed by atoms with Crippen LogP contribution in [-0.2, 0) is 10.0 Å². The second-order valence-corrected chi connectivity index (χ2v) is 12.4. The molecule has 2 atom stereocenters. The van der Waals surface area contributed by atoms with Crippen molar-refractivity contribution in [3.8, 4) is 11.4 Å². The maximum Gasteiger partial charge on any atom is 0.229 e. The van der Waals surface area contributed by atoms with Gasteiger partial charge in [0.25, 0.3) is 0 Å². The van der Waals surface area contributed by atoms with Crippen molar-refractivity contribution in [2.24, 2.45) is 0 Å². The van der Waals surface area contributed by atoms with Crippen molar-refractivity contribution in [1.82, 2.24) is 14.9 Å². The molecule has 2 aromatic heterocycles. The number of hydrogen-bond acceptors (Lipinski definition) is 5. The fraction of sp³-hybridized carbons (Fsp3) is 0.214. The number of ether oxygens (including phenoxy) is 1. The van der Waals surface area contributed by atoms with E-state index in [4.69, 9.17) is 17.0 Å². The van der Waals surface area contributed by atoms with Gasteiger partial charge in [0, 0.05) is 33.4 Å². The van der Waals surface area contributed by atoms with Crippen LogP contribution in [0.1, 0.15) is 34.7 Å². The normalized spacial score (nSPS) is 17.3. The predicted octanol–water partition coefficient (Wildman–Crippen LogP) is 5.81.